The molecule has 29 heavy (non-hydrogen) atoms. The molecule has 4 nitrogen and oxygen atoms in total. The molecule has 0 bridgehead atoms. The quantitative estimate of drug-likeness (QED) is 0.315. The van der Waals surface area contributed by atoms with Crippen LogP contribution in [0.1, 0.15) is 52.7 Å². The van der Waals surface area contributed by atoms with Crippen LogP contribution in [0.4, 0.5) is 5.69 Å². The monoisotopic (exact) mass is 453 g/mol. The van der Waals surface area contributed by atoms with E-state index in [1.54, 1.807) is 29.2 Å². The van der Waals surface area contributed by atoms with Gasteiger partial charge >= 0.3 is 0 Å². The summed E-state index contributed by atoms with van der Waals surface area (Å²) in [5.41, 5.74) is 10.5. The Morgan fingerprint density at radius 3 is 2.66 bits per heavy atom. The predicted octanol–water partition coefficient (Wildman–Crippen LogP) is 7.67. The average molecular weight is 454 g/mol. The average Bonchev–Trinajstić information content (AvgIpc) is 3.36. The molecule has 0 aliphatic heterocycles. The maximum atomic E-state index is 6.06. The predicted molar refractivity (Wildman–Crippen MR) is 127 cm³/mol. The molecule has 3 heterocycles. The van der Waals surface area contributed by atoms with Gasteiger partial charge in [0.15, 0.2) is 0 Å². The van der Waals surface area contributed by atoms with Crippen LogP contribution in [-0.4, -0.2) is 11.0 Å². The number of aromatic nitrogens is 1. The van der Waals surface area contributed by atoms with Crippen molar-refractivity contribution in [1.29, 1.82) is 0 Å². The molecular weight excluding hydrogens is 425 g/mol. The Morgan fingerprint density at radius 2 is 2.03 bits per heavy atom. The van der Waals surface area contributed by atoms with Crippen molar-refractivity contribution in [3.05, 3.63) is 56.9 Å². The zero-order chi connectivity index (χ0) is 21.4. The van der Waals surface area contributed by atoms with Crippen molar-refractivity contribution in [2.75, 3.05) is 5.32 Å². The summed E-state index contributed by atoms with van der Waals surface area (Å²) in [6.45, 7) is 8.99. The number of allylic oxidation sites excluding steroid dienone is 1. The molecule has 1 unspecified atom stereocenters. The summed E-state index contributed by atoms with van der Waals surface area (Å²) in [6, 6.07) is 6.00. The summed E-state index contributed by atoms with van der Waals surface area (Å²) < 4.78 is 6.27. The Kier molecular flexibility index (Phi) is 9.50. The summed E-state index contributed by atoms with van der Waals surface area (Å²) in [7, 11) is 0. The molecule has 1 aliphatic carbocycles. The molecule has 0 radical (unpaired) electrons. The summed E-state index contributed by atoms with van der Waals surface area (Å²) in [6.07, 6.45) is 5.16. The van der Waals surface area contributed by atoms with E-state index >= 15 is 0 Å². The molecular formula is C22H29Cl2N3OS. The fourth-order valence-electron chi connectivity index (χ4n) is 2.96. The van der Waals surface area contributed by atoms with Crippen LogP contribution in [-0.2, 0) is 6.54 Å². The first kappa shape index (κ1) is 23.7. The lowest BCUT2D eigenvalue weighted by Gasteiger charge is -2.20. The number of thiophene rings is 1. The first-order valence-electron chi connectivity index (χ1n) is 9.84. The van der Waals surface area contributed by atoms with E-state index in [0.29, 0.717) is 22.8 Å². The van der Waals surface area contributed by atoms with Crippen LogP contribution in [0.25, 0.3) is 10.2 Å². The van der Waals surface area contributed by atoms with E-state index in [9.17, 15) is 0 Å². The van der Waals surface area contributed by atoms with E-state index in [1.165, 1.54) is 18.4 Å². The lowest BCUT2D eigenvalue weighted by Crippen LogP contribution is -2.23. The third kappa shape index (κ3) is 6.75. The highest BCUT2D eigenvalue weighted by Gasteiger charge is 2.11. The van der Waals surface area contributed by atoms with Gasteiger partial charge in [0.2, 0.25) is 0 Å². The second-order valence-corrected chi connectivity index (χ2v) is 8.42. The molecule has 3 aromatic rings. The van der Waals surface area contributed by atoms with Crippen molar-refractivity contribution in [2.24, 2.45) is 5.73 Å². The fourth-order valence-corrected chi connectivity index (χ4v) is 4.34. The molecule has 1 aliphatic rings. The molecule has 158 valence electrons. The molecule has 0 saturated carbocycles. The van der Waals surface area contributed by atoms with Gasteiger partial charge < -0.3 is 15.5 Å². The van der Waals surface area contributed by atoms with Gasteiger partial charge in [0.1, 0.15) is 16.4 Å². The number of hydrogen-bond acceptors (Lipinski definition) is 5. The first-order valence-corrected chi connectivity index (χ1v) is 11.5. The Labute approximate surface area is 187 Å². The van der Waals surface area contributed by atoms with Crippen molar-refractivity contribution >= 4 is 50.4 Å². The fraction of sp³-hybridized carbons (Fsp3) is 0.409. The highest BCUT2D eigenvalue weighted by Crippen LogP contribution is 2.35. The summed E-state index contributed by atoms with van der Waals surface area (Å²) in [5, 5.41) is 6.18. The second-order valence-electron chi connectivity index (χ2n) is 6.75. The molecule has 4 rings (SSSR count). The van der Waals surface area contributed by atoms with E-state index in [0.717, 1.165) is 28.1 Å². The Bertz CT molecular complexity index is 935. The van der Waals surface area contributed by atoms with Crippen LogP contribution < -0.4 is 11.1 Å². The molecule has 3 N–H and O–H groups in total. The number of anilines is 1. The number of fused-ring (bicyclic) bond motifs is 1. The van der Waals surface area contributed by atoms with Crippen molar-refractivity contribution in [2.45, 2.75) is 59.5 Å². The van der Waals surface area contributed by atoms with Gasteiger partial charge in [-0.3, -0.25) is 0 Å². The van der Waals surface area contributed by atoms with E-state index in [1.807, 2.05) is 31.4 Å². The zero-order valence-corrected chi connectivity index (χ0v) is 19.7. The number of pyridine rings is 1. The smallest absolute Gasteiger partial charge is 0.131 e. The SMILES string of the molecule is CC.CC1=C(C)CC(N)CC1.Clc1cc(NCc2ccco2)c2scc(Cl)c2n1. The normalized spacial score (nSPS) is 16.0. The van der Waals surface area contributed by atoms with Crippen LogP contribution >= 0.6 is 34.5 Å². The van der Waals surface area contributed by atoms with Crippen molar-refractivity contribution < 1.29 is 4.42 Å². The molecule has 0 amide bonds. The minimum absolute atomic E-state index is 0.421. The number of nitrogens with zero attached hydrogens (tertiary/aromatic N) is 1. The van der Waals surface area contributed by atoms with E-state index in [4.69, 9.17) is 33.4 Å². The van der Waals surface area contributed by atoms with Crippen LogP contribution in [0, 0.1) is 0 Å². The van der Waals surface area contributed by atoms with Gasteiger partial charge in [-0.25, -0.2) is 4.98 Å². The summed E-state index contributed by atoms with van der Waals surface area (Å²) in [5.74, 6) is 0.860. The minimum Gasteiger partial charge on any atom is -0.467 e. The van der Waals surface area contributed by atoms with Gasteiger partial charge in [-0.15, -0.1) is 11.3 Å². The van der Waals surface area contributed by atoms with E-state index in [2.05, 4.69) is 24.1 Å². The lowest BCUT2D eigenvalue weighted by molar-refractivity contribution is 0.518. The van der Waals surface area contributed by atoms with Crippen LogP contribution in [0.3, 0.4) is 0 Å². The maximum Gasteiger partial charge on any atom is 0.131 e. The highest BCUT2D eigenvalue weighted by molar-refractivity contribution is 7.18. The third-order valence-corrected chi connectivity index (χ3v) is 6.28. The highest BCUT2D eigenvalue weighted by atomic mass is 35.5. The number of halogens is 2. The Morgan fingerprint density at radius 1 is 1.28 bits per heavy atom. The Balaban J connectivity index is 0.000000231. The van der Waals surface area contributed by atoms with Crippen LogP contribution in [0.15, 0.2) is 45.4 Å². The van der Waals surface area contributed by atoms with Gasteiger partial charge in [-0.1, -0.05) is 48.2 Å². The van der Waals surface area contributed by atoms with Crippen molar-refractivity contribution in [3.63, 3.8) is 0 Å². The second kappa shape index (κ2) is 11.6. The van der Waals surface area contributed by atoms with Gasteiger partial charge in [0.05, 0.1) is 28.2 Å². The third-order valence-electron chi connectivity index (χ3n) is 4.67. The number of rotatable bonds is 3. The number of hydrogen-bond donors (Lipinski definition) is 2. The number of furan rings is 1. The van der Waals surface area contributed by atoms with Gasteiger partial charge in [0, 0.05) is 17.5 Å². The molecule has 1 atom stereocenters. The van der Waals surface area contributed by atoms with Crippen LogP contribution in [0.2, 0.25) is 10.2 Å². The summed E-state index contributed by atoms with van der Waals surface area (Å²) >= 11 is 13.6. The lowest BCUT2D eigenvalue weighted by atomic mass is 9.91. The standard InChI is InChI=1S/C12H8Cl2N2OS.C8H15N.C2H6/c13-8-6-18-12-9(4-10(14)16-11(8)12)15-5-7-2-1-3-17-7;1-6-3-4-8(9)5-7(6)2;1-2/h1-4,6H,5H2,(H,15,16);8H,3-5,9H2,1-2H3;1-2H3. The van der Waals surface area contributed by atoms with Crippen molar-refractivity contribution in [3.8, 4) is 0 Å². The molecule has 0 saturated heterocycles. The van der Waals surface area contributed by atoms with E-state index < -0.39 is 0 Å². The molecule has 0 spiro atoms. The zero-order valence-electron chi connectivity index (χ0n) is 17.4. The number of nitrogens with one attached hydrogen (secondary N) is 1. The number of nitrogens with two attached hydrogens (primary N) is 1. The van der Waals surface area contributed by atoms with Gasteiger partial charge in [-0.2, -0.15) is 0 Å². The van der Waals surface area contributed by atoms with Crippen LogP contribution in [0.5, 0.6) is 0 Å². The Hall–Kier alpha value is -1.53. The molecule has 0 aromatic carbocycles. The van der Waals surface area contributed by atoms with E-state index in [-0.39, 0.29) is 0 Å². The maximum absolute atomic E-state index is 6.06. The van der Waals surface area contributed by atoms with Gasteiger partial charge in [0.25, 0.3) is 0 Å². The topological polar surface area (TPSA) is 64.1 Å². The minimum atomic E-state index is 0.421. The van der Waals surface area contributed by atoms with Crippen molar-refractivity contribution in [1.82, 2.24) is 4.98 Å². The summed E-state index contributed by atoms with van der Waals surface area (Å²) in [4.78, 5) is 4.22. The molecule has 3 aromatic heterocycles. The molecule has 7 heteroatoms. The van der Waals surface area contributed by atoms with Gasteiger partial charge in [-0.05, 0) is 45.2 Å². The largest absolute Gasteiger partial charge is 0.467 e. The molecule has 0 fully saturated rings. The first-order chi connectivity index (χ1) is 13.9.